The number of rotatable bonds is 39. The maximum absolute atomic E-state index is 10.8. The van der Waals surface area contributed by atoms with Crippen LogP contribution < -0.4 is 0 Å². The standard InChI is InChI=1S/3C15H24O8/c3*1-4-14(18)22-9-12(16)7-20-6-11(3)21-8-13(17)10-23-15(19)5-2/h3*4-5,11-13,16-17H,1-2,6-10H2,3H3. The zero-order valence-corrected chi connectivity index (χ0v) is 39.5. The number of aliphatic hydroxyl groups is 6. The van der Waals surface area contributed by atoms with Crippen molar-refractivity contribution in [3.8, 4) is 0 Å². The van der Waals surface area contributed by atoms with Crippen LogP contribution in [0.3, 0.4) is 0 Å². The summed E-state index contributed by atoms with van der Waals surface area (Å²) in [4.78, 5) is 64.8. The van der Waals surface area contributed by atoms with E-state index >= 15 is 0 Å². The third-order valence-electron chi connectivity index (χ3n) is 7.22. The molecular weight excluding hydrogens is 924 g/mol. The molecule has 0 saturated heterocycles. The van der Waals surface area contributed by atoms with Crippen molar-refractivity contribution in [1.82, 2.24) is 0 Å². The second-order valence-electron chi connectivity index (χ2n) is 14.0. The molecule has 9 unspecified atom stereocenters. The number of carbonyl (C=O) groups is 6. The molecule has 0 fully saturated rings. The number of aliphatic hydroxyl groups excluding tert-OH is 6. The lowest BCUT2D eigenvalue weighted by Crippen LogP contribution is -2.29. The van der Waals surface area contributed by atoms with Crippen LogP contribution in [0, 0.1) is 0 Å². The molecule has 6 N–H and O–H groups in total. The van der Waals surface area contributed by atoms with Gasteiger partial charge in [-0.3, -0.25) is 0 Å². The molecule has 0 saturated carbocycles. The minimum Gasteiger partial charge on any atom is -0.460 e. The first kappa shape index (κ1) is 68.0. The molecule has 0 amide bonds. The molecule has 0 aliphatic rings. The van der Waals surface area contributed by atoms with Crippen LogP contribution in [0.25, 0.3) is 0 Å². The van der Waals surface area contributed by atoms with Gasteiger partial charge in [-0.25, -0.2) is 28.8 Å². The van der Waals surface area contributed by atoms with Crippen molar-refractivity contribution in [2.45, 2.75) is 75.7 Å². The number of esters is 6. The Balaban J connectivity index is -0.000000947. The Morgan fingerprint density at radius 2 is 0.464 bits per heavy atom. The van der Waals surface area contributed by atoms with Gasteiger partial charge in [-0.1, -0.05) is 39.5 Å². The first-order valence-electron chi connectivity index (χ1n) is 21.1. The van der Waals surface area contributed by atoms with Gasteiger partial charge in [0.15, 0.2) is 0 Å². The lowest BCUT2D eigenvalue weighted by molar-refractivity contribution is -0.144. The van der Waals surface area contributed by atoms with Gasteiger partial charge in [0, 0.05) is 36.5 Å². The number of hydrogen-bond acceptors (Lipinski definition) is 24. The zero-order valence-electron chi connectivity index (χ0n) is 39.5. The van der Waals surface area contributed by atoms with Crippen LogP contribution in [-0.2, 0) is 85.6 Å². The molecule has 0 aromatic carbocycles. The molecule has 0 radical (unpaired) electrons. The SMILES string of the molecule is C=CC(=O)OCC(O)COCC(C)OCC(O)COC(=O)C=C.C=CC(=O)OCC(O)COCC(C)OCC(O)COC(=O)C=C.C=CC(=O)OCC(O)COCC(C)OCC(O)COC(=O)C=C. The lowest BCUT2D eigenvalue weighted by Gasteiger charge is -2.17. The highest BCUT2D eigenvalue weighted by atomic mass is 16.6. The molecule has 24 nitrogen and oxygen atoms in total. The summed E-state index contributed by atoms with van der Waals surface area (Å²) in [5, 5.41) is 57.1. The summed E-state index contributed by atoms with van der Waals surface area (Å²) < 4.78 is 59.4. The molecule has 0 aliphatic carbocycles. The van der Waals surface area contributed by atoms with Crippen molar-refractivity contribution in [3.05, 3.63) is 75.9 Å². The first-order valence-corrected chi connectivity index (χ1v) is 21.1. The first-order chi connectivity index (χ1) is 32.7. The summed E-state index contributed by atoms with van der Waals surface area (Å²) >= 11 is 0. The second-order valence-corrected chi connectivity index (χ2v) is 14.0. The van der Waals surface area contributed by atoms with Crippen LogP contribution in [0.2, 0.25) is 0 Å². The Bertz CT molecular complexity index is 1320. The van der Waals surface area contributed by atoms with E-state index in [2.05, 4.69) is 67.9 Å². The molecule has 0 aliphatic heterocycles. The third kappa shape index (κ3) is 47.6. The van der Waals surface area contributed by atoms with Crippen molar-refractivity contribution in [2.75, 3.05) is 99.1 Å². The van der Waals surface area contributed by atoms with E-state index in [1.54, 1.807) is 20.8 Å². The highest BCUT2D eigenvalue weighted by Crippen LogP contribution is 2.01. The molecule has 0 aromatic heterocycles. The second kappa shape index (κ2) is 45.2. The molecule has 0 bridgehead atoms. The Labute approximate surface area is 402 Å². The topological polar surface area (TPSA) is 335 Å². The maximum atomic E-state index is 10.8. The van der Waals surface area contributed by atoms with E-state index < -0.39 is 72.4 Å². The predicted molar refractivity (Wildman–Crippen MR) is 242 cm³/mol. The maximum Gasteiger partial charge on any atom is 0.330 e. The summed E-state index contributed by atoms with van der Waals surface area (Å²) in [6.07, 6.45) is -0.733. The van der Waals surface area contributed by atoms with Crippen LogP contribution in [0.5, 0.6) is 0 Å². The summed E-state index contributed by atoms with van der Waals surface area (Å²) in [6, 6.07) is 0. The lowest BCUT2D eigenvalue weighted by atomic mass is 10.3. The number of hydrogen-bond donors (Lipinski definition) is 6. The van der Waals surface area contributed by atoms with Gasteiger partial charge >= 0.3 is 35.8 Å². The molecular formula is C45H72O24. The van der Waals surface area contributed by atoms with Crippen molar-refractivity contribution in [2.24, 2.45) is 0 Å². The van der Waals surface area contributed by atoms with Crippen LogP contribution >= 0.6 is 0 Å². The quantitative estimate of drug-likeness (QED) is 0.0238. The smallest absolute Gasteiger partial charge is 0.330 e. The minimum absolute atomic E-state index is 0.0301. The average Bonchev–Trinajstić information content (AvgIpc) is 3.34. The molecule has 0 rings (SSSR count). The Hall–Kier alpha value is -5.22. The molecule has 0 aromatic rings. The van der Waals surface area contributed by atoms with Crippen LogP contribution in [-0.4, -0.2) is 220 Å². The predicted octanol–water partition coefficient (Wildman–Crippen LogP) is -1.24. The van der Waals surface area contributed by atoms with Gasteiger partial charge < -0.3 is 87.5 Å². The van der Waals surface area contributed by atoms with E-state index in [4.69, 9.17) is 28.4 Å². The van der Waals surface area contributed by atoms with Gasteiger partial charge in [-0.05, 0) is 20.8 Å². The van der Waals surface area contributed by atoms with E-state index in [9.17, 15) is 59.4 Å². The summed E-state index contributed by atoms with van der Waals surface area (Å²) in [7, 11) is 0. The summed E-state index contributed by atoms with van der Waals surface area (Å²) in [5.74, 6) is -3.71. The highest BCUT2D eigenvalue weighted by Gasteiger charge is 2.15. The number of carbonyl (C=O) groups excluding carboxylic acids is 6. The zero-order chi connectivity index (χ0) is 53.0. The fraction of sp³-hybridized carbons (Fsp3) is 0.600. The average molecular weight is 997 g/mol. The van der Waals surface area contributed by atoms with Gasteiger partial charge in [-0.15, -0.1) is 0 Å². The molecule has 69 heavy (non-hydrogen) atoms. The Kier molecular flexibility index (Phi) is 44.6. The van der Waals surface area contributed by atoms with E-state index in [-0.39, 0.29) is 117 Å². The van der Waals surface area contributed by atoms with E-state index in [1.807, 2.05) is 0 Å². The van der Waals surface area contributed by atoms with E-state index in [0.29, 0.717) is 0 Å². The monoisotopic (exact) mass is 996 g/mol. The van der Waals surface area contributed by atoms with E-state index in [1.165, 1.54) is 0 Å². The Morgan fingerprint density at radius 3 is 0.623 bits per heavy atom. The van der Waals surface area contributed by atoms with Gasteiger partial charge in [-0.2, -0.15) is 0 Å². The molecule has 396 valence electrons. The van der Waals surface area contributed by atoms with Crippen LogP contribution in [0.15, 0.2) is 75.9 Å². The van der Waals surface area contributed by atoms with Gasteiger partial charge in [0.2, 0.25) is 0 Å². The normalized spacial score (nSPS) is 14.4. The number of ether oxygens (including phenoxy) is 12. The molecule has 9 atom stereocenters. The highest BCUT2D eigenvalue weighted by molar-refractivity contribution is 5.82. The molecule has 0 heterocycles. The fourth-order valence-electron chi connectivity index (χ4n) is 3.79. The third-order valence-corrected chi connectivity index (χ3v) is 7.22. The van der Waals surface area contributed by atoms with E-state index in [0.717, 1.165) is 36.5 Å². The van der Waals surface area contributed by atoms with Gasteiger partial charge in [0.1, 0.15) is 76.3 Å². The van der Waals surface area contributed by atoms with Crippen molar-refractivity contribution >= 4 is 35.8 Å². The van der Waals surface area contributed by atoms with Crippen molar-refractivity contribution in [3.63, 3.8) is 0 Å². The molecule has 0 spiro atoms. The fourth-order valence-corrected chi connectivity index (χ4v) is 3.79. The summed E-state index contributed by atoms with van der Waals surface area (Å²) in [5.41, 5.74) is 0. The van der Waals surface area contributed by atoms with Crippen molar-refractivity contribution < 1.29 is 116 Å². The largest absolute Gasteiger partial charge is 0.460 e. The van der Waals surface area contributed by atoms with Crippen LogP contribution in [0.4, 0.5) is 0 Å². The minimum atomic E-state index is -0.953. The van der Waals surface area contributed by atoms with Crippen LogP contribution in [0.1, 0.15) is 20.8 Å². The van der Waals surface area contributed by atoms with Gasteiger partial charge in [0.05, 0.1) is 77.8 Å². The van der Waals surface area contributed by atoms with Gasteiger partial charge in [0.25, 0.3) is 0 Å². The Morgan fingerprint density at radius 1 is 0.304 bits per heavy atom. The summed E-state index contributed by atoms with van der Waals surface area (Å²) in [6.45, 7) is 23.7. The molecule has 24 heteroatoms. The van der Waals surface area contributed by atoms with Crippen molar-refractivity contribution in [1.29, 1.82) is 0 Å².